The molecule has 1 atom stereocenters. The summed E-state index contributed by atoms with van der Waals surface area (Å²) in [6.45, 7) is 10.5. The summed E-state index contributed by atoms with van der Waals surface area (Å²) in [4.78, 5) is 26.8. The summed E-state index contributed by atoms with van der Waals surface area (Å²) in [5.74, 6) is 0.610. The number of hydrogen-bond acceptors (Lipinski definition) is 3. The largest absolute Gasteiger partial charge is 0.371 e. The first-order chi connectivity index (χ1) is 12.4. The van der Waals surface area contributed by atoms with Crippen LogP contribution in [-0.4, -0.2) is 37.5 Å². The summed E-state index contributed by atoms with van der Waals surface area (Å²) in [6.07, 6.45) is 2.86. The molecule has 0 aromatic heterocycles. The van der Waals surface area contributed by atoms with Crippen LogP contribution in [0.15, 0.2) is 24.3 Å². The Bertz CT molecular complexity index is 607. The number of nitrogens with zero attached hydrogens (tertiary/aromatic N) is 1. The average molecular weight is 360 g/mol. The molecule has 144 valence electrons. The summed E-state index contributed by atoms with van der Waals surface area (Å²) in [7, 11) is 0. The smallest absolute Gasteiger partial charge is 0.253 e. The Labute approximate surface area is 157 Å². The molecule has 5 heteroatoms. The molecule has 1 aromatic carbocycles. The van der Waals surface area contributed by atoms with Gasteiger partial charge in [0.25, 0.3) is 5.91 Å². The van der Waals surface area contributed by atoms with Crippen molar-refractivity contribution in [3.05, 3.63) is 29.8 Å². The van der Waals surface area contributed by atoms with Gasteiger partial charge in [-0.15, -0.1) is 0 Å². The van der Waals surface area contributed by atoms with Crippen LogP contribution in [0.3, 0.4) is 0 Å². The lowest BCUT2D eigenvalue weighted by atomic mass is 10.0. The van der Waals surface area contributed by atoms with Gasteiger partial charge in [-0.25, -0.2) is 0 Å². The van der Waals surface area contributed by atoms with Crippen LogP contribution in [0.25, 0.3) is 0 Å². The normalized spacial score (nSPS) is 16.4. The Hall–Kier alpha value is -2.04. The third-order valence-electron chi connectivity index (χ3n) is 5.16. The van der Waals surface area contributed by atoms with E-state index in [2.05, 4.69) is 29.4 Å². The van der Waals surface area contributed by atoms with Crippen LogP contribution in [0, 0.1) is 11.8 Å². The highest BCUT2D eigenvalue weighted by Gasteiger charge is 2.24. The predicted molar refractivity (Wildman–Crippen MR) is 106 cm³/mol. The minimum atomic E-state index is -0.00358. The molecule has 1 aliphatic heterocycles. The minimum absolute atomic E-state index is 0.00358. The zero-order chi connectivity index (χ0) is 19.1. The van der Waals surface area contributed by atoms with Gasteiger partial charge < -0.3 is 15.5 Å². The maximum atomic E-state index is 12.6. The lowest BCUT2D eigenvalue weighted by molar-refractivity contribution is -0.124. The van der Waals surface area contributed by atoms with Crippen molar-refractivity contribution in [3.63, 3.8) is 0 Å². The summed E-state index contributed by atoms with van der Waals surface area (Å²) < 4.78 is 0. The third-order valence-corrected chi connectivity index (χ3v) is 5.16. The number of anilines is 1. The predicted octanol–water partition coefficient (Wildman–Crippen LogP) is 3.20. The number of carbonyl (C=O) groups excluding carboxylic acids is 2. The van der Waals surface area contributed by atoms with Crippen LogP contribution in [0.2, 0.25) is 0 Å². The highest BCUT2D eigenvalue weighted by Crippen LogP contribution is 2.24. The standard InChI is InChI=1S/C21H33N3O2/c1-5-16(4)14-22-21(26)18-8-6-7-9-19(18)24-12-10-17(11-13-24)23-20(25)15(2)3/h6-9,15-17H,5,10-14H2,1-4H3,(H,22,26)(H,23,25)/t16-/m0/s1. The molecule has 2 rings (SSSR count). The first kappa shape index (κ1) is 20.3. The molecule has 26 heavy (non-hydrogen) atoms. The van der Waals surface area contributed by atoms with Crippen molar-refractivity contribution in [1.82, 2.24) is 10.6 Å². The number of piperidine rings is 1. The van der Waals surface area contributed by atoms with Crippen molar-refractivity contribution in [2.75, 3.05) is 24.5 Å². The number of benzene rings is 1. The Kier molecular flexibility index (Phi) is 7.49. The Morgan fingerprint density at radius 3 is 2.42 bits per heavy atom. The van der Waals surface area contributed by atoms with Crippen LogP contribution in [0.4, 0.5) is 5.69 Å². The number of hydrogen-bond donors (Lipinski definition) is 2. The van der Waals surface area contributed by atoms with Crippen molar-refractivity contribution in [1.29, 1.82) is 0 Å². The van der Waals surface area contributed by atoms with Gasteiger partial charge >= 0.3 is 0 Å². The van der Waals surface area contributed by atoms with E-state index in [0.717, 1.165) is 43.6 Å². The Balaban J connectivity index is 1.98. The average Bonchev–Trinajstić information content (AvgIpc) is 2.66. The van der Waals surface area contributed by atoms with E-state index in [0.29, 0.717) is 12.5 Å². The monoisotopic (exact) mass is 359 g/mol. The molecule has 5 nitrogen and oxygen atoms in total. The van der Waals surface area contributed by atoms with Gasteiger partial charge in [0.15, 0.2) is 0 Å². The van der Waals surface area contributed by atoms with E-state index >= 15 is 0 Å². The molecule has 2 N–H and O–H groups in total. The molecule has 1 aliphatic rings. The van der Waals surface area contributed by atoms with E-state index in [-0.39, 0.29) is 23.8 Å². The molecule has 0 radical (unpaired) electrons. The van der Waals surface area contributed by atoms with Crippen LogP contribution in [0.5, 0.6) is 0 Å². The molecule has 0 unspecified atom stereocenters. The van der Waals surface area contributed by atoms with E-state index in [1.807, 2.05) is 38.1 Å². The maximum Gasteiger partial charge on any atom is 0.253 e. The van der Waals surface area contributed by atoms with Gasteiger partial charge in [0, 0.05) is 37.3 Å². The van der Waals surface area contributed by atoms with Gasteiger partial charge in [-0.3, -0.25) is 9.59 Å². The van der Waals surface area contributed by atoms with Gasteiger partial charge in [0.05, 0.1) is 5.56 Å². The van der Waals surface area contributed by atoms with E-state index in [1.165, 1.54) is 0 Å². The summed E-state index contributed by atoms with van der Waals surface area (Å²) >= 11 is 0. The zero-order valence-electron chi connectivity index (χ0n) is 16.5. The van der Waals surface area contributed by atoms with Crippen LogP contribution in [0.1, 0.15) is 57.3 Å². The van der Waals surface area contributed by atoms with Gasteiger partial charge in [-0.05, 0) is 30.9 Å². The van der Waals surface area contributed by atoms with Gasteiger partial charge in [-0.2, -0.15) is 0 Å². The molecule has 0 aliphatic carbocycles. The quantitative estimate of drug-likeness (QED) is 0.786. The number of rotatable bonds is 7. The molecule has 1 aromatic rings. The molecule has 0 spiro atoms. The molecular weight excluding hydrogens is 326 g/mol. The van der Waals surface area contributed by atoms with Crippen LogP contribution in [-0.2, 0) is 4.79 Å². The molecular formula is C21H33N3O2. The molecule has 1 fully saturated rings. The van der Waals surface area contributed by atoms with E-state index in [1.54, 1.807) is 0 Å². The topological polar surface area (TPSA) is 61.4 Å². The molecule has 0 bridgehead atoms. The fourth-order valence-electron chi connectivity index (χ4n) is 3.08. The van der Waals surface area contributed by atoms with Crippen LogP contribution >= 0.6 is 0 Å². The molecule has 1 heterocycles. The zero-order valence-corrected chi connectivity index (χ0v) is 16.5. The number of carbonyl (C=O) groups is 2. The highest BCUT2D eigenvalue weighted by atomic mass is 16.2. The van der Waals surface area contributed by atoms with E-state index < -0.39 is 0 Å². The first-order valence-corrected chi connectivity index (χ1v) is 9.84. The van der Waals surface area contributed by atoms with E-state index in [4.69, 9.17) is 0 Å². The van der Waals surface area contributed by atoms with Crippen molar-refractivity contribution in [2.45, 2.75) is 53.0 Å². The van der Waals surface area contributed by atoms with E-state index in [9.17, 15) is 9.59 Å². The number of para-hydroxylation sites is 1. The summed E-state index contributed by atoms with van der Waals surface area (Å²) in [5.41, 5.74) is 1.73. The first-order valence-electron chi connectivity index (χ1n) is 9.84. The summed E-state index contributed by atoms with van der Waals surface area (Å²) in [6, 6.07) is 8.04. The second-order valence-corrected chi connectivity index (χ2v) is 7.67. The summed E-state index contributed by atoms with van der Waals surface area (Å²) in [5, 5.41) is 6.18. The fourth-order valence-corrected chi connectivity index (χ4v) is 3.08. The third kappa shape index (κ3) is 5.48. The SMILES string of the molecule is CC[C@H](C)CNC(=O)c1ccccc1N1CCC(NC(=O)C(C)C)CC1. The maximum absolute atomic E-state index is 12.6. The Morgan fingerprint density at radius 2 is 1.81 bits per heavy atom. The van der Waals surface area contributed by atoms with Crippen LogP contribution < -0.4 is 15.5 Å². The van der Waals surface area contributed by atoms with Gasteiger partial charge in [0.2, 0.25) is 5.91 Å². The lowest BCUT2D eigenvalue weighted by Gasteiger charge is -2.35. The molecule has 2 amide bonds. The minimum Gasteiger partial charge on any atom is -0.371 e. The second kappa shape index (κ2) is 9.60. The number of amides is 2. The lowest BCUT2D eigenvalue weighted by Crippen LogP contribution is -2.46. The van der Waals surface area contributed by atoms with Crippen molar-refractivity contribution in [3.8, 4) is 0 Å². The van der Waals surface area contributed by atoms with Crippen molar-refractivity contribution >= 4 is 17.5 Å². The molecule has 0 saturated carbocycles. The van der Waals surface area contributed by atoms with Crippen molar-refractivity contribution < 1.29 is 9.59 Å². The van der Waals surface area contributed by atoms with Gasteiger partial charge in [0.1, 0.15) is 0 Å². The Morgan fingerprint density at radius 1 is 1.15 bits per heavy atom. The molecule has 1 saturated heterocycles. The fraction of sp³-hybridized carbons (Fsp3) is 0.619. The van der Waals surface area contributed by atoms with Crippen molar-refractivity contribution in [2.24, 2.45) is 11.8 Å². The second-order valence-electron chi connectivity index (χ2n) is 7.67. The number of nitrogens with one attached hydrogen (secondary N) is 2. The highest BCUT2D eigenvalue weighted by molar-refractivity contribution is 5.99. The van der Waals surface area contributed by atoms with Gasteiger partial charge in [-0.1, -0.05) is 46.2 Å².